The lowest BCUT2D eigenvalue weighted by atomic mass is 10.4. The molecule has 5 heteroatoms. The molecule has 1 saturated heterocycles. The van der Waals surface area contributed by atoms with Gasteiger partial charge in [-0.25, -0.2) is 15.0 Å². The molecule has 1 fully saturated rings. The maximum atomic E-state index is 11.2. The van der Waals surface area contributed by atoms with Gasteiger partial charge in [0.1, 0.15) is 12.7 Å². The number of nitrogens with zero attached hydrogens (tertiary/aromatic N) is 4. The zero-order chi connectivity index (χ0) is 8.39. The van der Waals surface area contributed by atoms with Crippen LogP contribution in [0.3, 0.4) is 0 Å². The van der Waals surface area contributed by atoms with Crippen molar-refractivity contribution < 1.29 is 4.79 Å². The third-order valence-corrected chi connectivity index (χ3v) is 1.79. The summed E-state index contributed by atoms with van der Waals surface area (Å²) in [5.74, 6) is 0.564. The van der Waals surface area contributed by atoms with Crippen LogP contribution in [0.25, 0.3) is 0 Å². The molecule has 0 aromatic carbocycles. The van der Waals surface area contributed by atoms with Gasteiger partial charge in [0.15, 0.2) is 0 Å². The predicted molar refractivity (Wildman–Crippen MR) is 41.4 cm³/mol. The third kappa shape index (κ3) is 1.13. The van der Waals surface area contributed by atoms with E-state index in [1.807, 2.05) is 0 Å². The SMILES string of the molecule is O=C1CCCN1c1ncncn1. The normalized spacial score (nSPS) is 17.0. The van der Waals surface area contributed by atoms with Crippen LogP contribution in [0.1, 0.15) is 12.8 Å². The number of carbonyl (C=O) groups is 1. The summed E-state index contributed by atoms with van der Waals surface area (Å²) in [5, 5.41) is 0. The first-order valence-electron chi connectivity index (χ1n) is 3.80. The molecule has 0 atom stereocenters. The Morgan fingerprint density at radius 3 is 2.67 bits per heavy atom. The van der Waals surface area contributed by atoms with Crippen molar-refractivity contribution in [2.24, 2.45) is 0 Å². The van der Waals surface area contributed by atoms with E-state index in [4.69, 9.17) is 0 Å². The molecule has 0 bridgehead atoms. The number of hydrogen-bond donors (Lipinski definition) is 0. The van der Waals surface area contributed by atoms with Gasteiger partial charge in [-0.2, -0.15) is 0 Å². The van der Waals surface area contributed by atoms with Gasteiger partial charge in [-0.05, 0) is 6.42 Å². The van der Waals surface area contributed by atoms with Gasteiger partial charge in [0, 0.05) is 13.0 Å². The van der Waals surface area contributed by atoms with E-state index in [-0.39, 0.29) is 5.91 Å². The molecule has 1 aliphatic rings. The number of amides is 1. The molecule has 5 nitrogen and oxygen atoms in total. The van der Waals surface area contributed by atoms with Crippen LogP contribution in [0.4, 0.5) is 5.95 Å². The molecule has 0 unspecified atom stereocenters. The van der Waals surface area contributed by atoms with Crippen molar-refractivity contribution >= 4 is 11.9 Å². The van der Waals surface area contributed by atoms with E-state index >= 15 is 0 Å². The van der Waals surface area contributed by atoms with Crippen molar-refractivity contribution in [3.8, 4) is 0 Å². The average Bonchev–Trinajstić information content (AvgIpc) is 2.53. The molecule has 0 N–H and O–H groups in total. The van der Waals surface area contributed by atoms with Crippen LogP contribution in [0.2, 0.25) is 0 Å². The Labute approximate surface area is 69.5 Å². The van der Waals surface area contributed by atoms with E-state index in [9.17, 15) is 4.79 Å². The fraction of sp³-hybridized carbons (Fsp3) is 0.429. The van der Waals surface area contributed by atoms with Crippen molar-refractivity contribution in [3.63, 3.8) is 0 Å². The van der Waals surface area contributed by atoms with Crippen LogP contribution in [0.5, 0.6) is 0 Å². The smallest absolute Gasteiger partial charge is 0.235 e. The van der Waals surface area contributed by atoms with Crippen LogP contribution in [0.15, 0.2) is 12.7 Å². The Bertz CT molecular complexity index is 287. The molecule has 1 aliphatic heterocycles. The Hall–Kier alpha value is -1.52. The third-order valence-electron chi connectivity index (χ3n) is 1.79. The van der Waals surface area contributed by atoms with Gasteiger partial charge in [0.05, 0.1) is 0 Å². The highest BCUT2D eigenvalue weighted by Crippen LogP contribution is 2.14. The molecule has 0 aliphatic carbocycles. The van der Waals surface area contributed by atoms with Crippen molar-refractivity contribution in [3.05, 3.63) is 12.7 Å². The van der Waals surface area contributed by atoms with E-state index in [0.717, 1.165) is 13.0 Å². The molecule has 1 aromatic rings. The minimum Gasteiger partial charge on any atom is -0.281 e. The number of aromatic nitrogens is 3. The Morgan fingerprint density at radius 2 is 2.08 bits per heavy atom. The zero-order valence-corrected chi connectivity index (χ0v) is 6.47. The number of hydrogen-bond acceptors (Lipinski definition) is 4. The minimum atomic E-state index is 0.0983. The van der Waals surface area contributed by atoms with E-state index in [1.54, 1.807) is 4.90 Å². The quantitative estimate of drug-likeness (QED) is 0.586. The second kappa shape index (κ2) is 2.84. The fourth-order valence-electron chi connectivity index (χ4n) is 1.23. The lowest BCUT2D eigenvalue weighted by Crippen LogP contribution is -2.25. The minimum absolute atomic E-state index is 0.0983. The number of carbonyl (C=O) groups excluding carboxylic acids is 1. The first-order chi connectivity index (χ1) is 5.88. The van der Waals surface area contributed by atoms with Crippen molar-refractivity contribution in [2.45, 2.75) is 12.8 Å². The maximum Gasteiger partial charge on any atom is 0.235 e. The number of anilines is 1. The van der Waals surface area contributed by atoms with Gasteiger partial charge < -0.3 is 0 Å². The summed E-state index contributed by atoms with van der Waals surface area (Å²) in [5.41, 5.74) is 0. The monoisotopic (exact) mass is 164 g/mol. The predicted octanol–water partition coefficient (Wildman–Crippen LogP) is -0.00160. The van der Waals surface area contributed by atoms with Crippen molar-refractivity contribution in [2.75, 3.05) is 11.4 Å². The van der Waals surface area contributed by atoms with Gasteiger partial charge in [0.25, 0.3) is 0 Å². The van der Waals surface area contributed by atoms with Gasteiger partial charge in [-0.15, -0.1) is 0 Å². The second-order valence-corrected chi connectivity index (χ2v) is 2.59. The highest BCUT2D eigenvalue weighted by Gasteiger charge is 2.23. The Balaban J connectivity index is 2.25. The van der Waals surface area contributed by atoms with Crippen LogP contribution < -0.4 is 4.90 Å². The molecule has 1 aromatic heterocycles. The standard InChI is InChI=1S/C7H8N4O/c12-6-2-1-3-11(6)7-9-4-8-5-10-7/h4-5H,1-3H2. The van der Waals surface area contributed by atoms with Gasteiger partial charge in [0.2, 0.25) is 11.9 Å². The van der Waals surface area contributed by atoms with Crippen LogP contribution in [-0.2, 0) is 4.79 Å². The Morgan fingerprint density at radius 1 is 1.33 bits per heavy atom. The zero-order valence-electron chi connectivity index (χ0n) is 6.47. The molecular weight excluding hydrogens is 156 g/mol. The van der Waals surface area contributed by atoms with Gasteiger partial charge in [-0.1, -0.05) is 0 Å². The first kappa shape index (κ1) is 7.15. The summed E-state index contributed by atoms with van der Waals surface area (Å²) >= 11 is 0. The van der Waals surface area contributed by atoms with Gasteiger partial charge in [-0.3, -0.25) is 9.69 Å². The molecule has 2 rings (SSSR count). The number of rotatable bonds is 1. The van der Waals surface area contributed by atoms with Gasteiger partial charge >= 0.3 is 0 Å². The highest BCUT2D eigenvalue weighted by molar-refractivity contribution is 5.93. The molecule has 12 heavy (non-hydrogen) atoms. The van der Waals surface area contributed by atoms with E-state index in [0.29, 0.717) is 12.4 Å². The molecule has 2 heterocycles. The fourth-order valence-corrected chi connectivity index (χ4v) is 1.23. The molecule has 0 saturated carbocycles. The summed E-state index contributed by atoms with van der Waals surface area (Å²) in [4.78, 5) is 24.3. The molecule has 62 valence electrons. The molecule has 0 radical (unpaired) electrons. The van der Waals surface area contributed by atoms with Crippen LogP contribution in [-0.4, -0.2) is 27.4 Å². The van der Waals surface area contributed by atoms with E-state index < -0.39 is 0 Å². The largest absolute Gasteiger partial charge is 0.281 e. The van der Waals surface area contributed by atoms with E-state index in [1.165, 1.54) is 12.7 Å². The first-order valence-corrected chi connectivity index (χ1v) is 3.80. The Kier molecular flexibility index (Phi) is 1.69. The lowest BCUT2D eigenvalue weighted by Gasteiger charge is -2.10. The summed E-state index contributed by atoms with van der Waals surface area (Å²) in [6.07, 6.45) is 4.29. The summed E-state index contributed by atoms with van der Waals surface area (Å²) in [7, 11) is 0. The van der Waals surface area contributed by atoms with Crippen LogP contribution in [0, 0.1) is 0 Å². The summed E-state index contributed by atoms with van der Waals surface area (Å²) in [6.45, 7) is 0.725. The average molecular weight is 164 g/mol. The highest BCUT2D eigenvalue weighted by atomic mass is 16.2. The second-order valence-electron chi connectivity index (χ2n) is 2.59. The summed E-state index contributed by atoms with van der Waals surface area (Å²) in [6, 6.07) is 0. The summed E-state index contributed by atoms with van der Waals surface area (Å²) < 4.78 is 0. The molecule has 1 amide bonds. The molecular formula is C7H8N4O. The van der Waals surface area contributed by atoms with Crippen LogP contribution >= 0.6 is 0 Å². The van der Waals surface area contributed by atoms with Crippen molar-refractivity contribution in [1.82, 2.24) is 15.0 Å². The lowest BCUT2D eigenvalue weighted by molar-refractivity contribution is -0.117. The van der Waals surface area contributed by atoms with Crippen molar-refractivity contribution in [1.29, 1.82) is 0 Å². The molecule has 0 spiro atoms. The maximum absolute atomic E-state index is 11.2. The van der Waals surface area contributed by atoms with E-state index in [2.05, 4.69) is 15.0 Å². The topological polar surface area (TPSA) is 59.0 Å².